The smallest absolute Gasteiger partial charge is 0.0379 e. The number of nitrogens with two attached hydrogens (primary N) is 1. The lowest BCUT2D eigenvalue weighted by atomic mass is 10.0. The molecule has 0 fully saturated rings. The highest BCUT2D eigenvalue weighted by molar-refractivity contribution is 7.11. The van der Waals surface area contributed by atoms with Crippen molar-refractivity contribution < 1.29 is 0 Å². The van der Waals surface area contributed by atoms with Crippen LogP contribution in [0.4, 0.5) is 0 Å². The lowest BCUT2D eigenvalue weighted by Crippen LogP contribution is -2.13. The van der Waals surface area contributed by atoms with Crippen molar-refractivity contribution in [3.63, 3.8) is 0 Å². The molecule has 0 aliphatic heterocycles. The Morgan fingerprint density at radius 3 is 2.33 bits per heavy atom. The van der Waals surface area contributed by atoms with Crippen LogP contribution in [0.2, 0.25) is 0 Å². The predicted molar refractivity (Wildman–Crippen MR) is 78.0 cm³/mol. The minimum atomic E-state index is 0.0637. The molecule has 0 spiro atoms. The summed E-state index contributed by atoms with van der Waals surface area (Å²) in [5.41, 5.74) is 9.57. The molecule has 0 amide bonds. The van der Waals surface area contributed by atoms with Crippen LogP contribution in [0.1, 0.15) is 39.7 Å². The van der Waals surface area contributed by atoms with Gasteiger partial charge >= 0.3 is 0 Å². The Hall–Kier alpha value is -1.19. The molecular formula is C15H20N2S. The Kier molecular flexibility index (Phi) is 4.15. The summed E-state index contributed by atoms with van der Waals surface area (Å²) in [5, 5.41) is 0. The molecule has 2 aromatic heterocycles. The number of hydrogen-bond donors (Lipinski definition) is 1. The molecule has 2 aromatic rings. The number of hydrogen-bond acceptors (Lipinski definition) is 3. The average Bonchev–Trinajstić information content (AvgIpc) is 2.75. The van der Waals surface area contributed by atoms with Crippen molar-refractivity contribution in [1.82, 2.24) is 4.98 Å². The first-order valence-corrected chi connectivity index (χ1v) is 7.18. The third-order valence-corrected chi connectivity index (χ3v) is 4.27. The SMILES string of the molecule is CCc1ccc(CC(N)c2cc(C)nc(C)c2)s1. The van der Waals surface area contributed by atoms with Gasteiger partial charge in [0, 0.05) is 33.6 Å². The van der Waals surface area contributed by atoms with E-state index in [2.05, 4.69) is 36.2 Å². The molecule has 2 nitrogen and oxygen atoms in total. The molecule has 0 aromatic carbocycles. The summed E-state index contributed by atoms with van der Waals surface area (Å²) < 4.78 is 0. The highest BCUT2D eigenvalue weighted by Crippen LogP contribution is 2.23. The molecule has 0 aliphatic carbocycles. The van der Waals surface area contributed by atoms with E-state index >= 15 is 0 Å². The number of aryl methyl sites for hydroxylation is 3. The number of thiophene rings is 1. The Bertz CT molecular complexity index is 511. The third-order valence-electron chi connectivity index (χ3n) is 3.02. The van der Waals surface area contributed by atoms with Gasteiger partial charge in [0.25, 0.3) is 0 Å². The van der Waals surface area contributed by atoms with E-state index in [4.69, 9.17) is 5.73 Å². The molecule has 18 heavy (non-hydrogen) atoms. The number of rotatable bonds is 4. The van der Waals surface area contributed by atoms with Gasteiger partial charge in [0.15, 0.2) is 0 Å². The lowest BCUT2D eigenvalue weighted by Gasteiger charge is -2.12. The van der Waals surface area contributed by atoms with Gasteiger partial charge in [-0.05, 0) is 50.1 Å². The summed E-state index contributed by atoms with van der Waals surface area (Å²) in [7, 11) is 0. The van der Waals surface area contributed by atoms with Crippen LogP contribution < -0.4 is 5.73 Å². The van der Waals surface area contributed by atoms with E-state index in [0.717, 1.165) is 24.2 Å². The van der Waals surface area contributed by atoms with E-state index in [1.165, 1.54) is 15.3 Å². The van der Waals surface area contributed by atoms with E-state index in [9.17, 15) is 0 Å². The molecule has 2 N–H and O–H groups in total. The first-order valence-electron chi connectivity index (χ1n) is 6.37. The molecule has 0 saturated heterocycles. The minimum absolute atomic E-state index is 0.0637. The monoisotopic (exact) mass is 260 g/mol. The molecule has 0 aliphatic rings. The molecule has 1 atom stereocenters. The van der Waals surface area contributed by atoms with Crippen LogP contribution in [0.3, 0.4) is 0 Å². The summed E-state index contributed by atoms with van der Waals surface area (Å²) >= 11 is 1.87. The highest BCUT2D eigenvalue weighted by Gasteiger charge is 2.10. The van der Waals surface area contributed by atoms with Crippen molar-refractivity contribution >= 4 is 11.3 Å². The molecule has 1 unspecified atom stereocenters. The molecular weight excluding hydrogens is 240 g/mol. The first kappa shape index (κ1) is 13.2. The number of aromatic nitrogens is 1. The van der Waals surface area contributed by atoms with E-state index in [1.807, 2.05) is 25.2 Å². The maximum atomic E-state index is 6.29. The van der Waals surface area contributed by atoms with Gasteiger partial charge in [-0.3, -0.25) is 4.98 Å². The second-order valence-corrected chi connectivity index (χ2v) is 5.97. The van der Waals surface area contributed by atoms with Crippen molar-refractivity contribution in [3.05, 3.63) is 51.0 Å². The summed E-state index contributed by atoms with van der Waals surface area (Å²) in [6.45, 7) is 6.22. The standard InChI is InChI=1S/C15H20N2S/c1-4-13-5-6-14(18-13)9-15(16)12-7-10(2)17-11(3)8-12/h5-8,15H,4,9,16H2,1-3H3. The fourth-order valence-corrected chi connectivity index (χ4v) is 3.15. The van der Waals surface area contributed by atoms with Crippen LogP contribution in [0.5, 0.6) is 0 Å². The Labute approximate surface area is 113 Å². The van der Waals surface area contributed by atoms with Gasteiger partial charge in [-0.25, -0.2) is 0 Å². The van der Waals surface area contributed by atoms with Gasteiger partial charge in [-0.2, -0.15) is 0 Å². The van der Waals surface area contributed by atoms with Gasteiger partial charge in [-0.15, -0.1) is 11.3 Å². The summed E-state index contributed by atoms with van der Waals surface area (Å²) in [5.74, 6) is 0. The highest BCUT2D eigenvalue weighted by atomic mass is 32.1. The van der Waals surface area contributed by atoms with E-state index < -0.39 is 0 Å². The molecule has 0 radical (unpaired) electrons. The fourth-order valence-electron chi connectivity index (χ4n) is 2.14. The quantitative estimate of drug-likeness (QED) is 0.913. The zero-order valence-corrected chi connectivity index (χ0v) is 12.1. The minimum Gasteiger partial charge on any atom is -0.324 e. The van der Waals surface area contributed by atoms with Crippen LogP contribution in [-0.4, -0.2) is 4.98 Å². The molecule has 0 bridgehead atoms. The zero-order chi connectivity index (χ0) is 13.1. The van der Waals surface area contributed by atoms with Gasteiger partial charge in [0.1, 0.15) is 0 Å². The molecule has 96 valence electrons. The van der Waals surface area contributed by atoms with Crippen LogP contribution in [-0.2, 0) is 12.8 Å². The van der Waals surface area contributed by atoms with Gasteiger partial charge in [0.2, 0.25) is 0 Å². The van der Waals surface area contributed by atoms with E-state index in [-0.39, 0.29) is 6.04 Å². The van der Waals surface area contributed by atoms with Crippen molar-refractivity contribution in [3.8, 4) is 0 Å². The molecule has 2 heterocycles. The predicted octanol–water partition coefficient (Wildman–Crippen LogP) is 3.56. The number of pyridine rings is 1. The second-order valence-electron chi connectivity index (χ2n) is 4.72. The molecule has 3 heteroatoms. The largest absolute Gasteiger partial charge is 0.324 e. The van der Waals surface area contributed by atoms with Crippen LogP contribution >= 0.6 is 11.3 Å². The first-order chi connectivity index (χ1) is 8.58. The zero-order valence-electron chi connectivity index (χ0n) is 11.2. The average molecular weight is 260 g/mol. The van der Waals surface area contributed by atoms with Crippen molar-refractivity contribution in [2.45, 2.75) is 39.7 Å². The van der Waals surface area contributed by atoms with E-state index in [0.29, 0.717) is 0 Å². The van der Waals surface area contributed by atoms with E-state index in [1.54, 1.807) is 0 Å². The summed E-state index contributed by atoms with van der Waals surface area (Å²) in [6, 6.07) is 8.65. The third kappa shape index (κ3) is 3.18. The second kappa shape index (κ2) is 5.63. The normalized spacial score (nSPS) is 12.7. The Balaban J connectivity index is 2.13. The van der Waals surface area contributed by atoms with Crippen LogP contribution in [0.15, 0.2) is 24.3 Å². The molecule has 2 rings (SSSR count). The summed E-state index contributed by atoms with van der Waals surface area (Å²) in [6.07, 6.45) is 2.01. The van der Waals surface area contributed by atoms with Crippen LogP contribution in [0.25, 0.3) is 0 Å². The fraction of sp³-hybridized carbons (Fsp3) is 0.400. The molecule has 0 saturated carbocycles. The maximum absolute atomic E-state index is 6.29. The van der Waals surface area contributed by atoms with Crippen LogP contribution in [0, 0.1) is 13.8 Å². The summed E-state index contributed by atoms with van der Waals surface area (Å²) in [4.78, 5) is 7.19. The van der Waals surface area contributed by atoms with Crippen molar-refractivity contribution in [2.75, 3.05) is 0 Å². The van der Waals surface area contributed by atoms with Gasteiger partial charge < -0.3 is 5.73 Å². The maximum Gasteiger partial charge on any atom is 0.0379 e. The van der Waals surface area contributed by atoms with Crippen molar-refractivity contribution in [2.24, 2.45) is 5.73 Å². The Morgan fingerprint density at radius 2 is 1.78 bits per heavy atom. The van der Waals surface area contributed by atoms with Gasteiger partial charge in [-0.1, -0.05) is 6.92 Å². The number of nitrogens with zero attached hydrogens (tertiary/aromatic N) is 1. The van der Waals surface area contributed by atoms with Gasteiger partial charge in [0.05, 0.1) is 0 Å². The van der Waals surface area contributed by atoms with Crippen molar-refractivity contribution in [1.29, 1.82) is 0 Å². The lowest BCUT2D eigenvalue weighted by molar-refractivity contribution is 0.725. The topological polar surface area (TPSA) is 38.9 Å². The Morgan fingerprint density at radius 1 is 1.17 bits per heavy atom.